The number of hydrogen-bond donors (Lipinski definition) is 0. The maximum atomic E-state index is 2.55. The predicted molar refractivity (Wildman–Crippen MR) is 68.0 cm³/mol. The van der Waals surface area contributed by atoms with Gasteiger partial charge in [-0.2, -0.15) is 0 Å². The molecule has 2 aliphatic rings. The Bertz CT molecular complexity index is 466. The van der Waals surface area contributed by atoms with Crippen molar-refractivity contribution in [3.05, 3.63) is 34.7 Å². The first-order valence-corrected chi connectivity index (χ1v) is 6.83. The van der Waals surface area contributed by atoms with E-state index in [1.165, 1.54) is 41.9 Å². The second kappa shape index (κ2) is 3.71. The van der Waals surface area contributed by atoms with Gasteiger partial charge >= 0.3 is 0 Å². The van der Waals surface area contributed by atoms with Crippen molar-refractivity contribution in [2.24, 2.45) is 5.41 Å². The molecular weight excluding hydrogens is 200 g/mol. The minimum Gasteiger partial charge on any atom is -0.133 e. The third-order valence-corrected chi connectivity index (χ3v) is 4.80. The maximum Gasteiger partial charge on any atom is 0.00660 e. The zero-order valence-corrected chi connectivity index (χ0v) is 9.72. The van der Waals surface area contributed by atoms with Crippen molar-refractivity contribution in [2.75, 3.05) is 5.75 Å². The molecule has 0 radical (unpaired) electrons. The molecule has 1 aliphatic heterocycles. The lowest BCUT2D eigenvalue weighted by Gasteiger charge is -2.22. The van der Waals surface area contributed by atoms with E-state index in [1.807, 2.05) is 11.8 Å². The highest BCUT2D eigenvalue weighted by Crippen LogP contribution is 2.42. The second-order valence-electron chi connectivity index (χ2n) is 4.77. The fourth-order valence-corrected chi connectivity index (χ4v) is 3.97. The van der Waals surface area contributed by atoms with Crippen molar-refractivity contribution in [3.8, 4) is 0 Å². The van der Waals surface area contributed by atoms with Gasteiger partial charge in [-0.25, -0.2) is 0 Å². The molecule has 1 heterocycles. The van der Waals surface area contributed by atoms with Crippen molar-refractivity contribution in [3.63, 3.8) is 0 Å². The van der Waals surface area contributed by atoms with Crippen LogP contribution < -0.4 is 10.4 Å². The van der Waals surface area contributed by atoms with Gasteiger partial charge in [0.25, 0.3) is 0 Å². The molecule has 1 spiro atoms. The van der Waals surface area contributed by atoms with E-state index in [-0.39, 0.29) is 0 Å². The summed E-state index contributed by atoms with van der Waals surface area (Å²) in [5, 5.41) is 5.19. The summed E-state index contributed by atoms with van der Waals surface area (Å²) < 4.78 is 0. The summed E-state index contributed by atoms with van der Waals surface area (Å²) in [6.07, 6.45) is 8.16. The number of benzene rings is 1. The van der Waals surface area contributed by atoms with Crippen LogP contribution in [0.1, 0.15) is 25.7 Å². The SMILES string of the molecule is C1=c2ccccc2=CC2(CCCC2)CS1. The van der Waals surface area contributed by atoms with Gasteiger partial charge in [0.1, 0.15) is 0 Å². The number of rotatable bonds is 0. The molecule has 0 atom stereocenters. The Labute approximate surface area is 95.1 Å². The third kappa shape index (κ3) is 1.74. The van der Waals surface area contributed by atoms with Gasteiger partial charge in [-0.05, 0) is 34.1 Å². The molecule has 0 bridgehead atoms. The van der Waals surface area contributed by atoms with Gasteiger partial charge in [-0.1, -0.05) is 43.2 Å². The first-order chi connectivity index (χ1) is 7.38. The molecule has 1 aromatic rings. The standard InChI is InChI=1S/C14H16S/c1-2-6-13-10-15-11-14(7-3-4-8-14)9-12(13)5-1/h1-2,5-6,9-10H,3-4,7-8,11H2. The molecule has 0 unspecified atom stereocenters. The first kappa shape index (κ1) is 9.53. The van der Waals surface area contributed by atoms with E-state index in [0.717, 1.165) is 0 Å². The fourth-order valence-electron chi connectivity index (χ4n) is 2.79. The van der Waals surface area contributed by atoms with Crippen LogP contribution in [-0.4, -0.2) is 5.75 Å². The van der Waals surface area contributed by atoms with E-state index < -0.39 is 0 Å². The molecule has 1 heteroatoms. The minimum absolute atomic E-state index is 0.508. The van der Waals surface area contributed by atoms with Crippen LogP contribution in [0.4, 0.5) is 0 Å². The Morgan fingerprint density at radius 3 is 2.53 bits per heavy atom. The van der Waals surface area contributed by atoms with Crippen LogP contribution >= 0.6 is 11.8 Å². The van der Waals surface area contributed by atoms with Crippen molar-refractivity contribution < 1.29 is 0 Å². The Morgan fingerprint density at radius 1 is 1.00 bits per heavy atom. The van der Waals surface area contributed by atoms with Gasteiger partial charge in [-0.15, -0.1) is 11.8 Å². The van der Waals surface area contributed by atoms with Crippen molar-refractivity contribution >= 4 is 23.2 Å². The van der Waals surface area contributed by atoms with Crippen LogP contribution in [0.2, 0.25) is 0 Å². The van der Waals surface area contributed by atoms with Gasteiger partial charge in [0.05, 0.1) is 0 Å². The molecule has 0 aromatic heterocycles. The summed E-state index contributed by atoms with van der Waals surface area (Å²) in [5.74, 6) is 1.28. The van der Waals surface area contributed by atoms with Gasteiger partial charge < -0.3 is 0 Å². The average Bonchev–Trinajstić information content (AvgIpc) is 2.61. The fraction of sp³-hybridized carbons (Fsp3) is 0.429. The van der Waals surface area contributed by atoms with E-state index >= 15 is 0 Å². The third-order valence-electron chi connectivity index (χ3n) is 3.64. The second-order valence-corrected chi connectivity index (χ2v) is 5.63. The van der Waals surface area contributed by atoms with Crippen LogP contribution in [0.15, 0.2) is 24.3 Å². The summed E-state index contributed by atoms with van der Waals surface area (Å²) in [6, 6.07) is 8.78. The number of hydrogen-bond acceptors (Lipinski definition) is 1. The zero-order chi connectivity index (χ0) is 10.1. The van der Waals surface area contributed by atoms with Gasteiger partial charge in [0.2, 0.25) is 0 Å². The lowest BCUT2D eigenvalue weighted by atomic mass is 9.87. The number of thioether (sulfide) groups is 1. The lowest BCUT2D eigenvalue weighted by molar-refractivity contribution is 0.492. The van der Waals surface area contributed by atoms with Crippen molar-refractivity contribution in [1.82, 2.24) is 0 Å². The monoisotopic (exact) mass is 216 g/mol. The molecule has 1 aliphatic carbocycles. The summed E-state index contributed by atoms with van der Waals surface area (Å²) >= 11 is 2.00. The van der Waals surface area contributed by atoms with Crippen LogP contribution in [-0.2, 0) is 0 Å². The molecule has 15 heavy (non-hydrogen) atoms. The smallest absolute Gasteiger partial charge is 0.00660 e. The summed E-state index contributed by atoms with van der Waals surface area (Å²) in [7, 11) is 0. The first-order valence-electron chi connectivity index (χ1n) is 5.78. The number of fused-ring (bicyclic) bond motifs is 1. The molecule has 1 saturated carbocycles. The summed E-state index contributed by atoms with van der Waals surface area (Å²) in [5.41, 5.74) is 0.508. The molecular formula is C14H16S. The largest absolute Gasteiger partial charge is 0.133 e. The Hall–Kier alpha value is -0.690. The molecule has 1 aromatic carbocycles. The molecule has 3 rings (SSSR count). The van der Waals surface area contributed by atoms with Gasteiger partial charge in [0, 0.05) is 5.75 Å². The zero-order valence-electron chi connectivity index (χ0n) is 8.91. The van der Waals surface area contributed by atoms with Crippen LogP contribution in [0.3, 0.4) is 0 Å². The molecule has 1 fully saturated rings. The average molecular weight is 216 g/mol. The van der Waals surface area contributed by atoms with E-state index in [0.29, 0.717) is 5.41 Å². The Kier molecular flexibility index (Phi) is 2.36. The van der Waals surface area contributed by atoms with E-state index in [4.69, 9.17) is 0 Å². The van der Waals surface area contributed by atoms with E-state index in [9.17, 15) is 0 Å². The van der Waals surface area contributed by atoms with Crippen LogP contribution in [0, 0.1) is 5.41 Å². The molecule has 0 saturated heterocycles. The van der Waals surface area contributed by atoms with Crippen molar-refractivity contribution in [2.45, 2.75) is 25.7 Å². The molecule has 78 valence electrons. The van der Waals surface area contributed by atoms with E-state index in [2.05, 4.69) is 35.7 Å². The van der Waals surface area contributed by atoms with Crippen LogP contribution in [0.5, 0.6) is 0 Å². The maximum absolute atomic E-state index is 2.55. The quantitative estimate of drug-likeness (QED) is 0.642. The summed E-state index contributed by atoms with van der Waals surface area (Å²) in [6.45, 7) is 0. The van der Waals surface area contributed by atoms with Gasteiger partial charge in [-0.3, -0.25) is 0 Å². The van der Waals surface area contributed by atoms with Gasteiger partial charge in [0.15, 0.2) is 0 Å². The normalized spacial score (nSPS) is 22.7. The Morgan fingerprint density at radius 2 is 1.73 bits per heavy atom. The minimum atomic E-state index is 0.508. The summed E-state index contributed by atoms with van der Waals surface area (Å²) in [4.78, 5) is 0. The highest BCUT2D eigenvalue weighted by molar-refractivity contribution is 8.06. The Balaban J connectivity index is 2.18. The molecule has 0 amide bonds. The molecule has 0 nitrogen and oxygen atoms in total. The van der Waals surface area contributed by atoms with Crippen molar-refractivity contribution in [1.29, 1.82) is 0 Å². The highest BCUT2D eigenvalue weighted by atomic mass is 32.2. The topological polar surface area (TPSA) is 0 Å². The molecule has 0 N–H and O–H groups in total. The van der Waals surface area contributed by atoms with Crippen LogP contribution in [0.25, 0.3) is 11.5 Å². The lowest BCUT2D eigenvalue weighted by Crippen LogP contribution is -2.26. The van der Waals surface area contributed by atoms with E-state index in [1.54, 1.807) is 0 Å². The highest BCUT2D eigenvalue weighted by Gasteiger charge is 2.31. The predicted octanol–water partition coefficient (Wildman–Crippen LogP) is 2.51.